The number of benzene rings is 2. The van der Waals surface area contributed by atoms with Crippen molar-refractivity contribution >= 4 is 17.7 Å². The van der Waals surface area contributed by atoms with Gasteiger partial charge < -0.3 is 14.6 Å². The van der Waals surface area contributed by atoms with E-state index < -0.39 is 7.05 Å². The van der Waals surface area contributed by atoms with Gasteiger partial charge in [0, 0.05) is 7.05 Å². The van der Waals surface area contributed by atoms with Crippen LogP contribution in [0.5, 0.6) is 11.5 Å². The molecule has 0 aliphatic heterocycles. The molecule has 2 rings (SSSR count). The lowest BCUT2D eigenvalue weighted by molar-refractivity contribution is 0.415. The minimum Gasteiger partial charge on any atom is -0.497 e. The Bertz CT molecular complexity index is 539. The summed E-state index contributed by atoms with van der Waals surface area (Å²) in [6.07, 6.45) is 0. The van der Waals surface area contributed by atoms with Crippen molar-refractivity contribution in [2.45, 2.75) is 0 Å². The van der Waals surface area contributed by atoms with Crippen LogP contribution in [0.1, 0.15) is 0 Å². The third-order valence-electron chi connectivity index (χ3n) is 3.18. The molecule has 4 heteroatoms. The maximum atomic E-state index is 8.69. The van der Waals surface area contributed by atoms with E-state index in [1.54, 1.807) is 14.2 Å². The molecule has 0 bridgehead atoms. The van der Waals surface area contributed by atoms with E-state index in [4.69, 9.17) is 14.6 Å². The van der Waals surface area contributed by atoms with Gasteiger partial charge in [-0.15, -0.1) is 0 Å². The van der Waals surface area contributed by atoms with Crippen molar-refractivity contribution in [2.24, 2.45) is 0 Å². The largest absolute Gasteiger partial charge is 0.497 e. The van der Waals surface area contributed by atoms with E-state index >= 15 is 0 Å². The maximum absolute atomic E-state index is 8.69. The Labute approximate surface area is 114 Å². The van der Waals surface area contributed by atoms with Crippen molar-refractivity contribution in [3.63, 3.8) is 0 Å². The number of methoxy groups -OCH3 is 2. The van der Waals surface area contributed by atoms with E-state index in [9.17, 15) is 0 Å². The van der Waals surface area contributed by atoms with Gasteiger partial charge >= 0.3 is 0 Å². The second-order valence-corrected chi connectivity index (χ2v) is 7.45. The molecule has 0 heterocycles. The van der Waals surface area contributed by atoms with Crippen LogP contribution in [0.3, 0.4) is 0 Å². The van der Waals surface area contributed by atoms with Crippen molar-refractivity contribution < 1.29 is 9.47 Å². The van der Waals surface area contributed by atoms with E-state index in [1.165, 1.54) is 0 Å². The molecule has 2 aromatic carbocycles. The van der Waals surface area contributed by atoms with Gasteiger partial charge in [0.15, 0.2) is 0 Å². The van der Waals surface area contributed by atoms with E-state index in [0.29, 0.717) is 0 Å². The third kappa shape index (κ3) is 2.82. The highest BCUT2D eigenvalue weighted by atomic mass is 31.2. The second-order valence-electron chi connectivity index (χ2n) is 4.40. The van der Waals surface area contributed by atoms with Crippen molar-refractivity contribution in [1.29, 1.82) is 5.16 Å². The van der Waals surface area contributed by atoms with Crippen LogP contribution in [0.4, 0.5) is 0 Å². The summed E-state index contributed by atoms with van der Waals surface area (Å²) in [6, 6.07) is 15.5. The fourth-order valence-corrected chi connectivity index (χ4v) is 3.70. The van der Waals surface area contributed by atoms with Gasteiger partial charge in [-0.25, -0.2) is 0 Å². The van der Waals surface area contributed by atoms with Gasteiger partial charge in [-0.05, 0) is 65.8 Å². The molecule has 0 unspecified atom stereocenters. The zero-order chi connectivity index (χ0) is 13.9. The lowest BCUT2D eigenvalue weighted by atomic mass is 10.3. The van der Waals surface area contributed by atoms with Crippen LogP contribution in [0.2, 0.25) is 0 Å². The molecule has 3 nitrogen and oxygen atoms in total. The highest BCUT2D eigenvalue weighted by Crippen LogP contribution is 2.40. The third-order valence-corrected chi connectivity index (χ3v) is 5.84. The average molecular weight is 275 g/mol. The van der Waals surface area contributed by atoms with Gasteiger partial charge in [0.05, 0.1) is 14.2 Å². The zero-order valence-corrected chi connectivity index (χ0v) is 12.3. The molecule has 0 atom stereocenters. The Morgan fingerprint density at radius 1 is 0.737 bits per heavy atom. The van der Waals surface area contributed by atoms with Crippen molar-refractivity contribution in [3.05, 3.63) is 48.5 Å². The topological polar surface area (TPSA) is 42.3 Å². The van der Waals surface area contributed by atoms with Crippen LogP contribution >= 0.6 is 7.05 Å². The minimum atomic E-state index is -2.07. The molecule has 1 N–H and O–H groups in total. The van der Waals surface area contributed by atoms with Gasteiger partial charge in [0.25, 0.3) is 0 Å². The first kappa shape index (κ1) is 13.7. The van der Waals surface area contributed by atoms with Crippen LogP contribution in [0.25, 0.3) is 0 Å². The summed E-state index contributed by atoms with van der Waals surface area (Å²) in [6.45, 7) is 2.00. The molecule has 0 saturated carbocycles. The second kappa shape index (κ2) is 5.50. The Morgan fingerprint density at radius 2 is 1.05 bits per heavy atom. The summed E-state index contributed by atoms with van der Waals surface area (Å²) in [5.74, 6) is 1.64. The summed E-state index contributed by atoms with van der Waals surface area (Å²) >= 11 is 0. The van der Waals surface area contributed by atoms with Gasteiger partial charge in [0.1, 0.15) is 11.5 Å². The standard InChI is InChI=1S/C15H18NO2P/c1-17-12-4-8-14(9-5-12)19(3,16)15-10-6-13(18-2)7-11-15/h4-11,16H,1-3H3. The zero-order valence-electron chi connectivity index (χ0n) is 11.4. The molecule has 0 saturated heterocycles. The minimum absolute atomic E-state index is 0.818. The fraction of sp³-hybridized carbons (Fsp3) is 0.200. The molecule has 0 spiro atoms. The average Bonchev–Trinajstić information content (AvgIpc) is 2.47. The Kier molecular flexibility index (Phi) is 3.96. The maximum Gasteiger partial charge on any atom is 0.118 e. The van der Waals surface area contributed by atoms with E-state index in [-0.39, 0.29) is 0 Å². The van der Waals surface area contributed by atoms with Crippen LogP contribution in [0.15, 0.2) is 48.5 Å². The first-order chi connectivity index (χ1) is 9.07. The molecular formula is C15H18NO2P. The summed E-state index contributed by atoms with van der Waals surface area (Å²) in [5, 5.41) is 10.8. The van der Waals surface area contributed by atoms with Gasteiger partial charge in [-0.1, -0.05) is 0 Å². The SMILES string of the molecule is COc1ccc(P(C)(=N)c2ccc(OC)cc2)cc1. The Hall–Kier alpha value is -1.73. The van der Waals surface area contributed by atoms with Crippen LogP contribution in [0, 0.1) is 5.16 Å². The molecule has 0 radical (unpaired) electrons. The van der Waals surface area contributed by atoms with E-state index in [1.807, 2.05) is 55.2 Å². The lowest BCUT2D eigenvalue weighted by Gasteiger charge is -2.18. The number of hydrogen-bond acceptors (Lipinski definition) is 3. The lowest BCUT2D eigenvalue weighted by Crippen LogP contribution is -2.14. The molecule has 100 valence electrons. The molecule has 0 aliphatic rings. The number of rotatable bonds is 4. The fourth-order valence-electron chi connectivity index (χ4n) is 1.91. The summed E-state index contributed by atoms with van der Waals surface area (Å²) in [7, 11) is 1.22. The predicted molar refractivity (Wildman–Crippen MR) is 80.8 cm³/mol. The van der Waals surface area contributed by atoms with Crippen LogP contribution < -0.4 is 20.1 Å². The van der Waals surface area contributed by atoms with E-state index in [0.717, 1.165) is 22.1 Å². The molecule has 19 heavy (non-hydrogen) atoms. The van der Waals surface area contributed by atoms with Crippen molar-refractivity contribution in [1.82, 2.24) is 0 Å². The molecule has 0 aromatic heterocycles. The van der Waals surface area contributed by atoms with Crippen molar-refractivity contribution in [3.8, 4) is 11.5 Å². The molecule has 2 aromatic rings. The summed E-state index contributed by atoms with van der Waals surface area (Å²) in [5.41, 5.74) is 0. The molecule has 0 amide bonds. The summed E-state index contributed by atoms with van der Waals surface area (Å²) < 4.78 is 10.3. The van der Waals surface area contributed by atoms with Gasteiger partial charge in [-0.3, -0.25) is 0 Å². The predicted octanol–water partition coefficient (Wildman–Crippen LogP) is 3.06. The molecule has 0 aliphatic carbocycles. The highest BCUT2D eigenvalue weighted by molar-refractivity contribution is 7.79. The summed E-state index contributed by atoms with van der Waals surface area (Å²) in [4.78, 5) is 0. The Balaban J connectivity index is 2.36. The first-order valence-corrected chi connectivity index (χ1v) is 8.22. The molecule has 0 fully saturated rings. The Morgan fingerprint density at radius 3 is 1.32 bits per heavy atom. The quantitative estimate of drug-likeness (QED) is 0.871. The smallest absolute Gasteiger partial charge is 0.118 e. The van der Waals surface area contributed by atoms with Crippen LogP contribution in [-0.2, 0) is 0 Å². The van der Waals surface area contributed by atoms with Crippen LogP contribution in [-0.4, -0.2) is 20.9 Å². The van der Waals surface area contributed by atoms with Crippen molar-refractivity contribution in [2.75, 3.05) is 20.9 Å². The van der Waals surface area contributed by atoms with Gasteiger partial charge in [-0.2, -0.15) is 0 Å². The molecular weight excluding hydrogens is 257 g/mol. The van der Waals surface area contributed by atoms with Gasteiger partial charge in [0.2, 0.25) is 0 Å². The monoisotopic (exact) mass is 275 g/mol. The number of nitrogens with one attached hydrogen (secondary N) is 1. The van der Waals surface area contributed by atoms with E-state index in [2.05, 4.69) is 0 Å². The normalized spacial score (nSPS) is 11.1. The highest BCUT2D eigenvalue weighted by Gasteiger charge is 2.16. The first-order valence-electron chi connectivity index (χ1n) is 5.99. The number of hydrogen-bond donors (Lipinski definition) is 1. The number of ether oxygens (including phenoxy) is 2.